The molecule has 0 fully saturated rings. The molecule has 0 spiro atoms. The highest BCUT2D eigenvalue weighted by atomic mass is 19.1. The highest BCUT2D eigenvalue weighted by Crippen LogP contribution is 2.11. The quantitative estimate of drug-likeness (QED) is 0.603. The Bertz CT molecular complexity index is 519. The predicted octanol–water partition coefficient (Wildman–Crippen LogP) is 2.67. The molecule has 4 heteroatoms. The van der Waals surface area contributed by atoms with Gasteiger partial charge in [0.05, 0.1) is 6.61 Å². The maximum absolute atomic E-state index is 13.1. The summed E-state index contributed by atoms with van der Waals surface area (Å²) >= 11 is 0. The first kappa shape index (κ1) is 14.5. The minimum absolute atomic E-state index is 0.0560. The number of benzene rings is 2. The van der Waals surface area contributed by atoms with E-state index in [4.69, 9.17) is 10.6 Å². The Morgan fingerprint density at radius 3 is 2.60 bits per heavy atom. The van der Waals surface area contributed by atoms with Crippen molar-refractivity contribution < 1.29 is 9.13 Å². The van der Waals surface area contributed by atoms with E-state index in [0.29, 0.717) is 13.0 Å². The second-order valence-corrected chi connectivity index (χ2v) is 4.65. The maximum atomic E-state index is 13.1. The Balaban J connectivity index is 1.80. The van der Waals surface area contributed by atoms with Crippen molar-refractivity contribution >= 4 is 0 Å². The van der Waals surface area contributed by atoms with Gasteiger partial charge in [0, 0.05) is 6.04 Å². The molecule has 2 rings (SSSR count). The second-order valence-electron chi connectivity index (χ2n) is 4.65. The summed E-state index contributed by atoms with van der Waals surface area (Å²) in [5.41, 5.74) is 3.68. The highest BCUT2D eigenvalue weighted by Gasteiger charge is 2.08. The summed E-state index contributed by atoms with van der Waals surface area (Å²) < 4.78 is 18.7. The van der Waals surface area contributed by atoms with Crippen LogP contribution >= 0.6 is 0 Å². The van der Waals surface area contributed by atoms with Gasteiger partial charge in [0.25, 0.3) is 0 Å². The van der Waals surface area contributed by atoms with Crippen LogP contribution in [0.15, 0.2) is 54.6 Å². The lowest BCUT2D eigenvalue weighted by molar-refractivity contribution is 0.285. The lowest BCUT2D eigenvalue weighted by Crippen LogP contribution is -2.37. The molecule has 0 aliphatic rings. The maximum Gasteiger partial charge on any atom is 0.123 e. The van der Waals surface area contributed by atoms with E-state index in [2.05, 4.69) is 5.43 Å². The number of hydrazine groups is 1. The normalized spacial score (nSPS) is 12.1. The van der Waals surface area contributed by atoms with Crippen molar-refractivity contribution in [2.24, 2.45) is 5.84 Å². The summed E-state index contributed by atoms with van der Waals surface area (Å²) in [7, 11) is 0. The minimum Gasteiger partial charge on any atom is -0.494 e. The van der Waals surface area contributed by atoms with Crippen LogP contribution in [0.5, 0.6) is 5.75 Å². The van der Waals surface area contributed by atoms with E-state index in [1.54, 1.807) is 6.07 Å². The van der Waals surface area contributed by atoms with Crippen LogP contribution in [0.1, 0.15) is 12.0 Å². The fraction of sp³-hybridized carbons (Fsp3) is 0.250. The molecule has 20 heavy (non-hydrogen) atoms. The van der Waals surface area contributed by atoms with E-state index >= 15 is 0 Å². The SMILES string of the molecule is NNC(CCOc1ccccc1)Cc1cccc(F)c1. The van der Waals surface area contributed by atoms with Gasteiger partial charge in [-0.15, -0.1) is 0 Å². The molecule has 3 N–H and O–H groups in total. The summed E-state index contributed by atoms with van der Waals surface area (Å²) in [6.07, 6.45) is 1.42. The second kappa shape index (κ2) is 7.62. The summed E-state index contributed by atoms with van der Waals surface area (Å²) in [6.45, 7) is 0.564. The van der Waals surface area contributed by atoms with Gasteiger partial charge in [-0.2, -0.15) is 0 Å². The van der Waals surface area contributed by atoms with Crippen molar-refractivity contribution in [2.45, 2.75) is 18.9 Å². The van der Waals surface area contributed by atoms with E-state index in [0.717, 1.165) is 17.7 Å². The van der Waals surface area contributed by atoms with Crippen LogP contribution in [-0.4, -0.2) is 12.6 Å². The average molecular weight is 274 g/mol. The predicted molar refractivity (Wildman–Crippen MR) is 77.8 cm³/mol. The number of nitrogens with two attached hydrogens (primary N) is 1. The summed E-state index contributed by atoms with van der Waals surface area (Å²) in [5.74, 6) is 6.16. The third-order valence-corrected chi connectivity index (χ3v) is 3.09. The molecule has 0 saturated carbocycles. The number of hydrogen-bond donors (Lipinski definition) is 2. The van der Waals surface area contributed by atoms with Crippen LogP contribution in [0.3, 0.4) is 0 Å². The van der Waals surface area contributed by atoms with Crippen LogP contribution in [0, 0.1) is 5.82 Å². The van der Waals surface area contributed by atoms with Crippen LogP contribution in [0.2, 0.25) is 0 Å². The average Bonchev–Trinajstić information content (AvgIpc) is 2.47. The molecule has 0 radical (unpaired) electrons. The number of hydrogen-bond acceptors (Lipinski definition) is 3. The van der Waals surface area contributed by atoms with Gasteiger partial charge in [-0.05, 0) is 42.7 Å². The molecule has 106 valence electrons. The fourth-order valence-corrected chi connectivity index (χ4v) is 2.03. The van der Waals surface area contributed by atoms with Gasteiger partial charge in [-0.3, -0.25) is 11.3 Å². The molecule has 0 aliphatic heterocycles. The van der Waals surface area contributed by atoms with Crippen molar-refractivity contribution in [3.8, 4) is 5.75 Å². The Labute approximate surface area is 118 Å². The standard InChI is InChI=1S/C16H19FN2O/c17-14-6-4-5-13(11-14)12-15(19-18)9-10-20-16-7-2-1-3-8-16/h1-8,11,15,19H,9-10,12,18H2. The first-order valence-electron chi connectivity index (χ1n) is 6.66. The third kappa shape index (κ3) is 4.64. The largest absolute Gasteiger partial charge is 0.494 e. The molecule has 0 heterocycles. The van der Waals surface area contributed by atoms with Gasteiger partial charge in [0.15, 0.2) is 0 Å². The molecule has 0 aromatic heterocycles. The molecule has 2 aromatic carbocycles. The number of para-hydroxylation sites is 1. The van der Waals surface area contributed by atoms with Crippen LogP contribution < -0.4 is 16.0 Å². The van der Waals surface area contributed by atoms with Crippen LogP contribution in [0.25, 0.3) is 0 Å². The van der Waals surface area contributed by atoms with Gasteiger partial charge >= 0.3 is 0 Å². The Kier molecular flexibility index (Phi) is 5.53. The summed E-state index contributed by atoms with van der Waals surface area (Å²) in [5, 5.41) is 0. The molecule has 0 aliphatic carbocycles. The molecule has 0 amide bonds. The molecular weight excluding hydrogens is 255 g/mol. The van der Waals surface area contributed by atoms with Gasteiger partial charge < -0.3 is 4.74 Å². The van der Waals surface area contributed by atoms with Gasteiger partial charge in [-0.1, -0.05) is 30.3 Å². The molecule has 1 atom stereocenters. The number of rotatable bonds is 7. The minimum atomic E-state index is -0.223. The molecule has 3 nitrogen and oxygen atoms in total. The van der Waals surface area contributed by atoms with E-state index in [1.165, 1.54) is 12.1 Å². The van der Waals surface area contributed by atoms with E-state index < -0.39 is 0 Å². The Morgan fingerprint density at radius 2 is 1.90 bits per heavy atom. The number of nitrogens with one attached hydrogen (secondary N) is 1. The molecular formula is C16H19FN2O. The first-order valence-corrected chi connectivity index (χ1v) is 6.66. The molecule has 0 bridgehead atoms. The van der Waals surface area contributed by atoms with E-state index in [9.17, 15) is 4.39 Å². The zero-order valence-corrected chi connectivity index (χ0v) is 11.3. The van der Waals surface area contributed by atoms with E-state index in [-0.39, 0.29) is 11.9 Å². The molecule has 0 saturated heterocycles. The fourth-order valence-electron chi connectivity index (χ4n) is 2.03. The topological polar surface area (TPSA) is 47.3 Å². The lowest BCUT2D eigenvalue weighted by Gasteiger charge is -2.16. The van der Waals surface area contributed by atoms with Crippen molar-refractivity contribution in [3.63, 3.8) is 0 Å². The molecule has 1 unspecified atom stereocenters. The summed E-state index contributed by atoms with van der Waals surface area (Å²) in [4.78, 5) is 0. The van der Waals surface area contributed by atoms with Gasteiger partial charge in [0.2, 0.25) is 0 Å². The van der Waals surface area contributed by atoms with E-state index in [1.807, 2.05) is 36.4 Å². The Hall–Kier alpha value is -1.91. The zero-order chi connectivity index (χ0) is 14.2. The first-order chi connectivity index (χ1) is 9.78. The van der Waals surface area contributed by atoms with Crippen LogP contribution in [0.4, 0.5) is 4.39 Å². The van der Waals surface area contributed by atoms with Crippen molar-refractivity contribution in [3.05, 3.63) is 66.0 Å². The van der Waals surface area contributed by atoms with Gasteiger partial charge in [0.1, 0.15) is 11.6 Å². The number of halogens is 1. The van der Waals surface area contributed by atoms with Gasteiger partial charge in [-0.25, -0.2) is 4.39 Å². The Morgan fingerprint density at radius 1 is 1.10 bits per heavy atom. The lowest BCUT2D eigenvalue weighted by atomic mass is 10.0. The van der Waals surface area contributed by atoms with Crippen molar-refractivity contribution in [2.75, 3.05) is 6.61 Å². The highest BCUT2D eigenvalue weighted by molar-refractivity contribution is 5.21. The van der Waals surface area contributed by atoms with Crippen LogP contribution in [-0.2, 0) is 6.42 Å². The molecule has 2 aromatic rings. The number of ether oxygens (including phenoxy) is 1. The van der Waals surface area contributed by atoms with Crippen molar-refractivity contribution in [1.82, 2.24) is 5.43 Å². The summed E-state index contributed by atoms with van der Waals surface area (Å²) in [6, 6.07) is 16.3. The van der Waals surface area contributed by atoms with Crippen molar-refractivity contribution in [1.29, 1.82) is 0 Å². The monoisotopic (exact) mass is 274 g/mol. The smallest absolute Gasteiger partial charge is 0.123 e. The third-order valence-electron chi connectivity index (χ3n) is 3.09. The zero-order valence-electron chi connectivity index (χ0n) is 11.3.